The summed E-state index contributed by atoms with van der Waals surface area (Å²) in [5.74, 6) is 0. The lowest BCUT2D eigenvalue weighted by atomic mass is 9.95. The van der Waals surface area contributed by atoms with Crippen LogP contribution >= 0.6 is 0 Å². The van der Waals surface area contributed by atoms with E-state index in [4.69, 9.17) is 4.74 Å². The van der Waals surface area contributed by atoms with Gasteiger partial charge in [-0.25, -0.2) is 4.79 Å². The van der Waals surface area contributed by atoms with Crippen LogP contribution in [-0.2, 0) is 17.7 Å². The molecule has 0 saturated carbocycles. The molecule has 2 aliphatic rings. The summed E-state index contributed by atoms with van der Waals surface area (Å²) in [6, 6.07) is 9.35. The van der Waals surface area contributed by atoms with Crippen LogP contribution in [-0.4, -0.2) is 48.2 Å². The molecule has 21 heavy (non-hydrogen) atoms. The van der Waals surface area contributed by atoms with Gasteiger partial charge >= 0.3 is 6.09 Å². The van der Waals surface area contributed by atoms with Crippen molar-refractivity contribution in [2.24, 2.45) is 0 Å². The number of piperidine rings is 1. The van der Waals surface area contributed by atoms with Crippen molar-refractivity contribution >= 4 is 6.09 Å². The van der Waals surface area contributed by atoms with Gasteiger partial charge in [0, 0.05) is 32.2 Å². The Kier molecular flexibility index (Phi) is 4.44. The first kappa shape index (κ1) is 14.4. The Morgan fingerprint density at radius 1 is 1.19 bits per heavy atom. The predicted molar refractivity (Wildman–Crippen MR) is 82.2 cm³/mol. The van der Waals surface area contributed by atoms with Gasteiger partial charge in [-0.15, -0.1) is 0 Å². The fraction of sp³-hybridized carbons (Fsp3) is 0.588. The second-order valence-corrected chi connectivity index (χ2v) is 5.91. The summed E-state index contributed by atoms with van der Waals surface area (Å²) in [5, 5.41) is 0. The Labute approximate surface area is 126 Å². The number of hydrogen-bond donors (Lipinski definition) is 0. The molecule has 0 N–H and O–H groups in total. The fourth-order valence-corrected chi connectivity index (χ4v) is 3.46. The topological polar surface area (TPSA) is 32.8 Å². The summed E-state index contributed by atoms with van der Waals surface area (Å²) in [6.45, 7) is 6.15. The summed E-state index contributed by atoms with van der Waals surface area (Å²) in [7, 11) is 0. The standard InChI is InChI=1S/C17H24N2O2/c1-2-21-17(20)18-11-8-16(9-12-18)19-10-7-14-5-3-4-6-15(14)13-19/h3-6,16H,2,7-13H2,1H3. The molecule has 114 valence electrons. The van der Waals surface area contributed by atoms with E-state index >= 15 is 0 Å². The molecule has 0 spiro atoms. The quantitative estimate of drug-likeness (QED) is 0.839. The molecule has 1 amide bonds. The first-order valence-corrected chi connectivity index (χ1v) is 8.00. The SMILES string of the molecule is CCOC(=O)N1CCC(N2CCc3ccccc3C2)CC1. The largest absolute Gasteiger partial charge is 0.450 e. The number of hydrogen-bond acceptors (Lipinski definition) is 3. The van der Waals surface area contributed by atoms with E-state index in [-0.39, 0.29) is 6.09 Å². The molecule has 0 bridgehead atoms. The highest BCUT2D eigenvalue weighted by atomic mass is 16.6. The third-order valence-electron chi connectivity index (χ3n) is 4.67. The van der Waals surface area contributed by atoms with Crippen LogP contribution < -0.4 is 0 Å². The highest BCUT2D eigenvalue weighted by Gasteiger charge is 2.29. The van der Waals surface area contributed by atoms with Gasteiger partial charge in [0.05, 0.1) is 6.61 Å². The Morgan fingerprint density at radius 2 is 1.90 bits per heavy atom. The van der Waals surface area contributed by atoms with Crippen LogP contribution in [0.3, 0.4) is 0 Å². The maximum Gasteiger partial charge on any atom is 0.409 e. The Morgan fingerprint density at radius 3 is 2.62 bits per heavy atom. The van der Waals surface area contributed by atoms with Crippen molar-refractivity contribution < 1.29 is 9.53 Å². The van der Waals surface area contributed by atoms with Gasteiger partial charge in [-0.2, -0.15) is 0 Å². The lowest BCUT2D eigenvalue weighted by molar-refractivity contribution is 0.0706. The lowest BCUT2D eigenvalue weighted by Crippen LogP contribution is -2.48. The van der Waals surface area contributed by atoms with E-state index in [0.29, 0.717) is 12.6 Å². The number of benzene rings is 1. The van der Waals surface area contributed by atoms with E-state index in [1.165, 1.54) is 11.1 Å². The predicted octanol–water partition coefficient (Wildman–Crippen LogP) is 2.67. The Bertz CT molecular complexity index is 495. The molecule has 4 nitrogen and oxygen atoms in total. The zero-order valence-corrected chi connectivity index (χ0v) is 12.8. The smallest absolute Gasteiger partial charge is 0.409 e. The van der Waals surface area contributed by atoms with E-state index in [0.717, 1.165) is 45.4 Å². The number of carbonyl (C=O) groups excluding carboxylic acids is 1. The van der Waals surface area contributed by atoms with Gasteiger partial charge in [-0.05, 0) is 37.3 Å². The van der Waals surface area contributed by atoms with E-state index in [9.17, 15) is 4.79 Å². The average Bonchev–Trinajstić information content (AvgIpc) is 2.55. The molecule has 0 atom stereocenters. The minimum absolute atomic E-state index is 0.153. The van der Waals surface area contributed by atoms with Crippen molar-refractivity contribution in [1.82, 2.24) is 9.80 Å². The minimum atomic E-state index is -0.153. The number of fused-ring (bicyclic) bond motifs is 1. The zero-order valence-electron chi connectivity index (χ0n) is 12.8. The molecule has 2 heterocycles. The lowest BCUT2D eigenvalue weighted by Gasteiger charge is -2.40. The van der Waals surface area contributed by atoms with Crippen molar-refractivity contribution in [3.05, 3.63) is 35.4 Å². The Balaban J connectivity index is 1.55. The van der Waals surface area contributed by atoms with E-state index in [1.54, 1.807) is 0 Å². The van der Waals surface area contributed by atoms with Crippen molar-refractivity contribution in [1.29, 1.82) is 0 Å². The molecule has 0 aliphatic carbocycles. The summed E-state index contributed by atoms with van der Waals surface area (Å²) < 4.78 is 5.08. The average molecular weight is 288 g/mol. The van der Waals surface area contributed by atoms with Crippen molar-refractivity contribution in [2.45, 2.75) is 38.8 Å². The fourth-order valence-electron chi connectivity index (χ4n) is 3.46. The van der Waals surface area contributed by atoms with Gasteiger partial charge in [0.1, 0.15) is 0 Å². The Hall–Kier alpha value is -1.55. The van der Waals surface area contributed by atoms with Gasteiger partial charge in [0.15, 0.2) is 0 Å². The molecule has 0 unspecified atom stereocenters. The summed E-state index contributed by atoms with van der Waals surface area (Å²) in [5.41, 5.74) is 2.97. The van der Waals surface area contributed by atoms with Gasteiger partial charge in [0.2, 0.25) is 0 Å². The molecule has 1 aromatic carbocycles. The van der Waals surface area contributed by atoms with Crippen LogP contribution in [0.25, 0.3) is 0 Å². The monoisotopic (exact) mass is 288 g/mol. The van der Waals surface area contributed by atoms with Crippen LogP contribution in [0.5, 0.6) is 0 Å². The third kappa shape index (κ3) is 3.21. The molecule has 1 fully saturated rings. The second-order valence-electron chi connectivity index (χ2n) is 5.91. The molecular weight excluding hydrogens is 264 g/mol. The molecular formula is C17H24N2O2. The van der Waals surface area contributed by atoms with E-state index in [1.807, 2.05) is 11.8 Å². The highest BCUT2D eigenvalue weighted by molar-refractivity contribution is 5.67. The number of nitrogens with zero attached hydrogens (tertiary/aromatic N) is 2. The van der Waals surface area contributed by atoms with E-state index in [2.05, 4.69) is 29.2 Å². The molecule has 1 saturated heterocycles. The molecule has 4 heteroatoms. The maximum atomic E-state index is 11.7. The second kappa shape index (κ2) is 6.48. The molecule has 0 aromatic heterocycles. The van der Waals surface area contributed by atoms with Crippen molar-refractivity contribution in [3.63, 3.8) is 0 Å². The zero-order chi connectivity index (χ0) is 14.7. The van der Waals surface area contributed by atoms with Gasteiger partial charge < -0.3 is 9.64 Å². The molecule has 2 aliphatic heterocycles. The van der Waals surface area contributed by atoms with Crippen LogP contribution in [0.1, 0.15) is 30.9 Å². The summed E-state index contributed by atoms with van der Waals surface area (Å²) >= 11 is 0. The van der Waals surface area contributed by atoms with Gasteiger partial charge in [-0.1, -0.05) is 24.3 Å². The van der Waals surface area contributed by atoms with Gasteiger partial charge in [0.25, 0.3) is 0 Å². The molecule has 1 aromatic rings. The maximum absolute atomic E-state index is 11.7. The first-order chi connectivity index (χ1) is 10.3. The van der Waals surface area contributed by atoms with Crippen LogP contribution in [0.4, 0.5) is 4.79 Å². The van der Waals surface area contributed by atoms with Gasteiger partial charge in [-0.3, -0.25) is 4.90 Å². The first-order valence-electron chi connectivity index (χ1n) is 8.00. The minimum Gasteiger partial charge on any atom is -0.450 e. The van der Waals surface area contributed by atoms with Crippen LogP contribution in [0.2, 0.25) is 0 Å². The third-order valence-corrected chi connectivity index (χ3v) is 4.67. The van der Waals surface area contributed by atoms with Crippen LogP contribution in [0, 0.1) is 0 Å². The van der Waals surface area contributed by atoms with Crippen molar-refractivity contribution in [3.8, 4) is 0 Å². The molecule has 0 radical (unpaired) electrons. The van der Waals surface area contributed by atoms with Crippen LogP contribution in [0.15, 0.2) is 24.3 Å². The number of ether oxygens (including phenoxy) is 1. The summed E-state index contributed by atoms with van der Waals surface area (Å²) in [4.78, 5) is 16.2. The molecule has 3 rings (SSSR count). The number of likely N-dealkylation sites (tertiary alicyclic amines) is 1. The number of amides is 1. The normalized spacial score (nSPS) is 20.1. The number of carbonyl (C=O) groups is 1. The van der Waals surface area contributed by atoms with Crippen molar-refractivity contribution in [2.75, 3.05) is 26.2 Å². The summed E-state index contributed by atoms with van der Waals surface area (Å²) in [6.07, 6.45) is 3.11. The number of rotatable bonds is 2. The van der Waals surface area contributed by atoms with E-state index < -0.39 is 0 Å². The highest BCUT2D eigenvalue weighted by Crippen LogP contribution is 2.25.